The molecule has 6 nitrogen and oxygen atoms in total. The van der Waals surface area contributed by atoms with E-state index in [9.17, 15) is 9.59 Å². The topological polar surface area (TPSA) is 53.1 Å². The molecule has 2 atom stereocenters. The van der Waals surface area contributed by atoms with Crippen molar-refractivity contribution in [1.82, 2.24) is 14.7 Å². The summed E-state index contributed by atoms with van der Waals surface area (Å²) >= 11 is 0. The van der Waals surface area contributed by atoms with E-state index < -0.39 is 0 Å². The van der Waals surface area contributed by atoms with Crippen molar-refractivity contribution in [1.29, 1.82) is 0 Å². The number of nitrogens with zero attached hydrogens (tertiary/aromatic N) is 3. The maximum Gasteiger partial charge on any atom is 0.409 e. The van der Waals surface area contributed by atoms with E-state index in [-0.39, 0.29) is 18.1 Å². The van der Waals surface area contributed by atoms with Crippen LogP contribution >= 0.6 is 0 Å². The number of carbonyl (C=O) groups excluding carboxylic acids is 2. The van der Waals surface area contributed by atoms with Crippen LogP contribution in [0.25, 0.3) is 0 Å². The number of hydrogen-bond acceptors (Lipinski definition) is 4. The average molecular weight is 510 g/mol. The van der Waals surface area contributed by atoms with Crippen LogP contribution in [0.5, 0.6) is 0 Å². The summed E-state index contributed by atoms with van der Waals surface area (Å²) < 4.78 is 5.19. The fourth-order valence-electron chi connectivity index (χ4n) is 7.63. The number of amides is 2. The molecule has 37 heavy (non-hydrogen) atoms. The molecule has 2 saturated heterocycles. The van der Waals surface area contributed by atoms with Crippen LogP contribution in [0.15, 0.2) is 30.3 Å². The first-order valence-electron chi connectivity index (χ1n) is 15.0. The van der Waals surface area contributed by atoms with Crippen LogP contribution in [-0.4, -0.2) is 79.1 Å². The molecular formula is C31H47N3O3. The number of likely N-dealkylation sites (tertiary alicyclic amines) is 2. The van der Waals surface area contributed by atoms with Crippen LogP contribution in [-0.2, 0) is 9.53 Å². The van der Waals surface area contributed by atoms with E-state index in [0.29, 0.717) is 23.7 Å². The van der Waals surface area contributed by atoms with Crippen molar-refractivity contribution >= 4 is 12.0 Å². The zero-order valence-electron chi connectivity index (χ0n) is 22.9. The van der Waals surface area contributed by atoms with Gasteiger partial charge in [-0.05, 0) is 55.9 Å². The van der Waals surface area contributed by atoms with E-state index in [1.165, 1.54) is 57.6 Å². The lowest BCUT2D eigenvalue weighted by atomic mass is 9.88. The van der Waals surface area contributed by atoms with Gasteiger partial charge in [0.05, 0.1) is 7.11 Å². The fourth-order valence-corrected chi connectivity index (χ4v) is 7.63. The Morgan fingerprint density at radius 1 is 0.892 bits per heavy atom. The molecule has 0 unspecified atom stereocenters. The molecule has 0 bridgehead atoms. The third kappa shape index (κ3) is 6.50. The number of ether oxygens (including phenoxy) is 1. The van der Waals surface area contributed by atoms with E-state index in [2.05, 4.69) is 40.1 Å². The molecule has 1 aromatic rings. The summed E-state index contributed by atoms with van der Waals surface area (Å²) in [5, 5.41) is 0. The van der Waals surface area contributed by atoms with E-state index in [0.717, 1.165) is 65.0 Å². The molecule has 6 heteroatoms. The molecule has 0 N–H and O–H groups in total. The van der Waals surface area contributed by atoms with Crippen molar-refractivity contribution in [3.8, 4) is 0 Å². The van der Waals surface area contributed by atoms with Gasteiger partial charge in [-0.15, -0.1) is 0 Å². The number of piperidine rings is 1. The molecule has 5 rings (SSSR count). The lowest BCUT2D eigenvalue weighted by Gasteiger charge is -2.40. The van der Waals surface area contributed by atoms with Gasteiger partial charge >= 0.3 is 6.09 Å². The van der Waals surface area contributed by atoms with Gasteiger partial charge in [0.25, 0.3) is 0 Å². The summed E-state index contributed by atoms with van der Waals surface area (Å²) in [7, 11) is 1.52. The highest BCUT2D eigenvalue weighted by Gasteiger charge is 2.40. The number of hydrogen-bond donors (Lipinski definition) is 0. The molecule has 2 aliphatic carbocycles. The molecule has 2 heterocycles. The quantitative estimate of drug-likeness (QED) is 0.485. The molecule has 4 fully saturated rings. The third-order valence-electron chi connectivity index (χ3n) is 9.76. The zero-order valence-corrected chi connectivity index (χ0v) is 22.9. The second-order valence-electron chi connectivity index (χ2n) is 12.2. The Kier molecular flexibility index (Phi) is 9.06. The van der Waals surface area contributed by atoms with Crippen LogP contribution in [0.2, 0.25) is 0 Å². The minimum atomic E-state index is -0.151. The van der Waals surface area contributed by atoms with Crippen LogP contribution in [0.3, 0.4) is 0 Å². The molecule has 0 spiro atoms. The smallest absolute Gasteiger partial charge is 0.409 e. The van der Waals surface area contributed by atoms with Gasteiger partial charge in [0, 0.05) is 57.1 Å². The van der Waals surface area contributed by atoms with Gasteiger partial charge in [-0.3, -0.25) is 4.79 Å². The SMILES string of the molecule is COC(=O)N(CC1CCCC1)C1CCN(C[C@H]2CN(C(=O)C3CCCCC3)C[C@@H]2c2ccccc2)CC1. The molecule has 0 aromatic heterocycles. The van der Waals surface area contributed by atoms with Crippen molar-refractivity contribution in [2.24, 2.45) is 17.8 Å². The minimum Gasteiger partial charge on any atom is -0.453 e. The summed E-state index contributed by atoms with van der Waals surface area (Å²) in [5.74, 6) is 2.14. The maximum atomic E-state index is 13.4. The lowest BCUT2D eigenvalue weighted by molar-refractivity contribution is -0.135. The Labute approximate surface area is 223 Å². The maximum absolute atomic E-state index is 13.4. The van der Waals surface area contributed by atoms with Crippen molar-refractivity contribution in [2.75, 3.05) is 46.4 Å². The van der Waals surface area contributed by atoms with Crippen LogP contribution in [0, 0.1) is 17.8 Å². The largest absolute Gasteiger partial charge is 0.453 e. The van der Waals surface area contributed by atoms with E-state index in [1.54, 1.807) is 0 Å². The summed E-state index contributed by atoms with van der Waals surface area (Å²) in [4.78, 5) is 32.9. The Hall–Kier alpha value is -2.08. The monoisotopic (exact) mass is 509 g/mol. The predicted octanol–water partition coefficient (Wildman–Crippen LogP) is 5.53. The zero-order chi connectivity index (χ0) is 25.6. The molecule has 4 aliphatic rings. The second kappa shape index (κ2) is 12.6. The number of rotatable bonds is 7. The third-order valence-corrected chi connectivity index (χ3v) is 9.76. The van der Waals surface area contributed by atoms with E-state index in [1.807, 2.05) is 4.90 Å². The first kappa shape index (κ1) is 26.5. The first-order valence-corrected chi connectivity index (χ1v) is 15.0. The number of carbonyl (C=O) groups is 2. The van der Waals surface area contributed by atoms with Gasteiger partial charge < -0.3 is 19.4 Å². The Bertz CT molecular complexity index is 873. The molecule has 2 aliphatic heterocycles. The molecule has 0 radical (unpaired) electrons. The van der Waals surface area contributed by atoms with Crippen molar-refractivity contribution in [3.05, 3.63) is 35.9 Å². The molecule has 204 valence electrons. The van der Waals surface area contributed by atoms with Gasteiger partial charge in [0.15, 0.2) is 0 Å². The highest BCUT2D eigenvalue weighted by molar-refractivity contribution is 5.79. The summed E-state index contributed by atoms with van der Waals surface area (Å²) in [6, 6.07) is 11.1. The molecular weight excluding hydrogens is 462 g/mol. The van der Waals surface area contributed by atoms with Crippen LogP contribution in [0.4, 0.5) is 4.79 Å². The van der Waals surface area contributed by atoms with Gasteiger partial charge in [-0.25, -0.2) is 4.79 Å². The Morgan fingerprint density at radius 2 is 1.57 bits per heavy atom. The van der Waals surface area contributed by atoms with Gasteiger partial charge in [-0.1, -0.05) is 62.4 Å². The molecule has 2 amide bonds. The van der Waals surface area contributed by atoms with Gasteiger partial charge in [0.1, 0.15) is 0 Å². The minimum absolute atomic E-state index is 0.151. The fraction of sp³-hybridized carbons (Fsp3) is 0.742. The molecule has 2 saturated carbocycles. The Balaban J connectivity index is 1.20. The predicted molar refractivity (Wildman–Crippen MR) is 146 cm³/mol. The van der Waals surface area contributed by atoms with Crippen LogP contribution < -0.4 is 0 Å². The lowest BCUT2D eigenvalue weighted by Crippen LogP contribution is -2.49. The highest BCUT2D eigenvalue weighted by atomic mass is 16.5. The van der Waals surface area contributed by atoms with Crippen LogP contribution in [0.1, 0.15) is 82.1 Å². The average Bonchev–Trinajstić information content (AvgIpc) is 3.63. The van der Waals surface area contributed by atoms with Crippen molar-refractivity contribution < 1.29 is 14.3 Å². The highest BCUT2D eigenvalue weighted by Crippen LogP contribution is 2.36. The Morgan fingerprint density at radius 3 is 2.24 bits per heavy atom. The molecule has 1 aromatic carbocycles. The van der Waals surface area contributed by atoms with Crippen molar-refractivity contribution in [2.45, 2.75) is 82.6 Å². The van der Waals surface area contributed by atoms with Gasteiger partial charge in [-0.2, -0.15) is 0 Å². The summed E-state index contributed by atoms with van der Waals surface area (Å²) in [5.41, 5.74) is 1.37. The first-order chi connectivity index (χ1) is 18.1. The number of methoxy groups -OCH3 is 1. The second-order valence-corrected chi connectivity index (χ2v) is 12.2. The number of benzene rings is 1. The normalized spacial score (nSPS) is 26.5. The summed E-state index contributed by atoms with van der Waals surface area (Å²) in [6.07, 6.45) is 12.8. The van der Waals surface area contributed by atoms with E-state index >= 15 is 0 Å². The summed E-state index contributed by atoms with van der Waals surface area (Å²) in [6.45, 7) is 5.65. The van der Waals surface area contributed by atoms with Gasteiger partial charge in [0.2, 0.25) is 5.91 Å². The standard InChI is InChI=1S/C31H47N3O3/c1-37-31(36)34(20-24-10-8-9-11-24)28-16-18-32(19-17-28)21-27-22-33(30(35)26-14-6-3-7-15-26)23-29(27)25-12-4-2-5-13-25/h2,4-5,12-13,24,26-29H,3,6-11,14-23H2,1H3/t27-,29+/m0/s1. The van der Waals surface area contributed by atoms with Crippen molar-refractivity contribution in [3.63, 3.8) is 0 Å². The van der Waals surface area contributed by atoms with E-state index in [4.69, 9.17) is 4.74 Å².